The van der Waals surface area contributed by atoms with Gasteiger partial charge in [-0.15, -0.1) is 0 Å². The molecular formula is C9H11NO2. The van der Waals surface area contributed by atoms with Crippen LogP contribution >= 0.6 is 0 Å². The summed E-state index contributed by atoms with van der Waals surface area (Å²) in [6, 6.07) is 6.87. The molecule has 3 heteroatoms. The number of phenolic OH excluding ortho intramolecular Hbond substituents is 1. The van der Waals surface area contributed by atoms with Gasteiger partial charge < -0.3 is 15.2 Å². The average Bonchev–Trinajstić information content (AvgIpc) is 1.97. The molecule has 1 heterocycles. The van der Waals surface area contributed by atoms with Crippen LogP contribution in [0.3, 0.4) is 0 Å². The molecular weight excluding hydrogens is 154 g/mol. The van der Waals surface area contributed by atoms with Crippen molar-refractivity contribution in [1.29, 1.82) is 0 Å². The summed E-state index contributed by atoms with van der Waals surface area (Å²) in [6.45, 7) is 1.80. The summed E-state index contributed by atoms with van der Waals surface area (Å²) in [4.78, 5) is 0. The second kappa shape index (κ2) is 3.03. The lowest BCUT2D eigenvalue weighted by Crippen LogP contribution is -2.50. The second-order valence-electron chi connectivity index (χ2n) is 2.90. The Morgan fingerprint density at radius 1 is 1.42 bits per heavy atom. The molecule has 0 amide bonds. The van der Waals surface area contributed by atoms with E-state index in [9.17, 15) is 0 Å². The van der Waals surface area contributed by atoms with Gasteiger partial charge in [0.25, 0.3) is 0 Å². The van der Waals surface area contributed by atoms with Crippen molar-refractivity contribution in [2.45, 2.75) is 6.10 Å². The lowest BCUT2D eigenvalue weighted by atomic mass is 10.2. The molecule has 0 aliphatic carbocycles. The third-order valence-electron chi connectivity index (χ3n) is 1.86. The van der Waals surface area contributed by atoms with Crippen LogP contribution in [0.5, 0.6) is 11.5 Å². The SMILES string of the molecule is Oc1cccc(OC2CNC2)c1. The second-order valence-corrected chi connectivity index (χ2v) is 2.90. The fraction of sp³-hybridized carbons (Fsp3) is 0.333. The molecule has 64 valence electrons. The van der Waals surface area contributed by atoms with Crippen molar-refractivity contribution in [3.63, 3.8) is 0 Å². The fourth-order valence-corrected chi connectivity index (χ4v) is 1.09. The van der Waals surface area contributed by atoms with Gasteiger partial charge in [-0.1, -0.05) is 6.07 Å². The predicted molar refractivity (Wildman–Crippen MR) is 45.4 cm³/mol. The highest BCUT2D eigenvalue weighted by atomic mass is 16.5. The minimum absolute atomic E-state index is 0.250. The number of nitrogens with one attached hydrogen (secondary N) is 1. The molecule has 1 fully saturated rings. The molecule has 0 unspecified atom stereocenters. The number of rotatable bonds is 2. The molecule has 12 heavy (non-hydrogen) atoms. The number of benzene rings is 1. The normalized spacial score (nSPS) is 17.0. The van der Waals surface area contributed by atoms with Gasteiger partial charge in [0.05, 0.1) is 0 Å². The van der Waals surface area contributed by atoms with Crippen LogP contribution in [0.2, 0.25) is 0 Å². The molecule has 1 aliphatic rings. The summed E-state index contributed by atoms with van der Waals surface area (Å²) in [5.41, 5.74) is 0. The quantitative estimate of drug-likeness (QED) is 0.679. The first kappa shape index (κ1) is 7.43. The van der Waals surface area contributed by atoms with Crippen molar-refractivity contribution in [3.8, 4) is 11.5 Å². The third kappa shape index (κ3) is 1.51. The molecule has 1 aliphatic heterocycles. The van der Waals surface area contributed by atoms with E-state index in [1.165, 1.54) is 0 Å². The highest BCUT2D eigenvalue weighted by Gasteiger charge is 2.17. The first-order valence-electron chi connectivity index (χ1n) is 4.01. The van der Waals surface area contributed by atoms with E-state index < -0.39 is 0 Å². The van der Waals surface area contributed by atoms with Gasteiger partial charge in [0, 0.05) is 19.2 Å². The number of hydrogen-bond donors (Lipinski definition) is 2. The van der Waals surface area contributed by atoms with Crippen LogP contribution < -0.4 is 10.1 Å². The van der Waals surface area contributed by atoms with E-state index in [0.29, 0.717) is 0 Å². The predicted octanol–water partition coefficient (Wildman–Crippen LogP) is 0.743. The number of aromatic hydroxyl groups is 1. The van der Waals surface area contributed by atoms with E-state index in [0.717, 1.165) is 18.8 Å². The smallest absolute Gasteiger partial charge is 0.123 e. The van der Waals surface area contributed by atoms with Crippen molar-refractivity contribution in [3.05, 3.63) is 24.3 Å². The standard InChI is InChI=1S/C9H11NO2/c11-7-2-1-3-8(4-7)12-9-5-10-6-9/h1-4,9-11H,5-6H2. The Labute approximate surface area is 71.0 Å². The number of hydrogen-bond acceptors (Lipinski definition) is 3. The van der Waals surface area contributed by atoms with E-state index in [1.807, 2.05) is 6.07 Å². The molecule has 0 aromatic heterocycles. The largest absolute Gasteiger partial charge is 0.508 e. The van der Waals surface area contributed by atoms with Crippen LogP contribution in [0.15, 0.2) is 24.3 Å². The minimum Gasteiger partial charge on any atom is -0.508 e. The Balaban J connectivity index is 2.02. The van der Waals surface area contributed by atoms with Crippen LogP contribution in [-0.4, -0.2) is 24.3 Å². The minimum atomic E-state index is 0.250. The Kier molecular flexibility index (Phi) is 1.87. The van der Waals surface area contributed by atoms with Gasteiger partial charge in [-0.05, 0) is 12.1 Å². The van der Waals surface area contributed by atoms with Crippen molar-refractivity contribution in [2.75, 3.05) is 13.1 Å². The van der Waals surface area contributed by atoms with Crippen LogP contribution in [0.25, 0.3) is 0 Å². The monoisotopic (exact) mass is 165 g/mol. The molecule has 0 spiro atoms. The van der Waals surface area contributed by atoms with Gasteiger partial charge >= 0.3 is 0 Å². The molecule has 1 aromatic rings. The van der Waals surface area contributed by atoms with E-state index >= 15 is 0 Å². The van der Waals surface area contributed by atoms with Crippen molar-refractivity contribution in [1.82, 2.24) is 5.32 Å². The summed E-state index contributed by atoms with van der Waals surface area (Å²) in [5.74, 6) is 0.987. The van der Waals surface area contributed by atoms with Crippen LogP contribution in [0.1, 0.15) is 0 Å². The van der Waals surface area contributed by atoms with E-state index in [-0.39, 0.29) is 11.9 Å². The van der Waals surface area contributed by atoms with Gasteiger partial charge in [-0.3, -0.25) is 0 Å². The zero-order chi connectivity index (χ0) is 8.39. The van der Waals surface area contributed by atoms with Gasteiger partial charge in [-0.2, -0.15) is 0 Å². The van der Waals surface area contributed by atoms with Gasteiger partial charge in [0.15, 0.2) is 0 Å². The Bertz CT molecular complexity index is 271. The average molecular weight is 165 g/mol. The fourth-order valence-electron chi connectivity index (χ4n) is 1.09. The third-order valence-corrected chi connectivity index (χ3v) is 1.86. The van der Waals surface area contributed by atoms with E-state index in [1.54, 1.807) is 18.2 Å². The summed E-state index contributed by atoms with van der Waals surface area (Å²) in [7, 11) is 0. The maximum absolute atomic E-state index is 9.12. The summed E-state index contributed by atoms with van der Waals surface area (Å²) in [6.07, 6.45) is 0.270. The molecule has 3 nitrogen and oxygen atoms in total. The van der Waals surface area contributed by atoms with Crippen molar-refractivity contribution < 1.29 is 9.84 Å². The molecule has 1 aromatic carbocycles. The Hall–Kier alpha value is -1.22. The molecule has 0 bridgehead atoms. The first-order chi connectivity index (χ1) is 5.84. The van der Waals surface area contributed by atoms with E-state index in [2.05, 4.69) is 5.32 Å². The number of phenols is 1. The highest BCUT2D eigenvalue weighted by molar-refractivity contribution is 5.32. The zero-order valence-electron chi connectivity index (χ0n) is 6.66. The molecule has 1 saturated heterocycles. The summed E-state index contributed by atoms with van der Waals surface area (Å²) in [5, 5.41) is 12.2. The summed E-state index contributed by atoms with van der Waals surface area (Å²) >= 11 is 0. The van der Waals surface area contributed by atoms with Gasteiger partial charge in [-0.25, -0.2) is 0 Å². The lowest BCUT2D eigenvalue weighted by molar-refractivity contribution is 0.142. The topological polar surface area (TPSA) is 41.5 Å². The van der Waals surface area contributed by atoms with Crippen molar-refractivity contribution >= 4 is 0 Å². The molecule has 2 N–H and O–H groups in total. The zero-order valence-corrected chi connectivity index (χ0v) is 6.66. The lowest BCUT2D eigenvalue weighted by Gasteiger charge is -2.27. The number of ether oxygens (including phenoxy) is 1. The Morgan fingerprint density at radius 2 is 2.25 bits per heavy atom. The molecule has 0 radical (unpaired) electrons. The van der Waals surface area contributed by atoms with Crippen LogP contribution in [0.4, 0.5) is 0 Å². The van der Waals surface area contributed by atoms with Gasteiger partial charge in [0.2, 0.25) is 0 Å². The van der Waals surface area contributed by atoms with Crippen molar-refractivity contribution in [2.24, 2.45) is 0 Å². The Morgan fingerprint density at radius 3 is 2.83 bits per heavy atom. The molecule has 0 atom stereocenters. The first-order valence-corrected chi connectivity index (χ1v) is 4.01. The van der Waals surface area contributed by atoms with Gasteiger partial charge in [0.1, 0.15) is 17.6 Å². The van der Waals surface area contributed by atoms with Crippen LogP contribution in [-0.2, 0) is 0 Å². The summed E-state index contributed by atoms with van der Waals surface area (Å²) < 4.78 is 5.51. The van der Waals surface area contributed by atoms with E-state index in [4.69, 9.17) is 9.84 Å². The molecule has 2 rings (SSSR count). The van der Waals surface area contributed by atoms with Crippen LogP contribution in [0, 0.1) is 0 Å². The maximum atomic E-state index is 9.12. The highest BCUT2D eigenvalue weighted by Crippen LogP contribution is 2.19. The maximum Gasteiger partial charge on any atom is 0.123 e. The molecule has 0 saturated carbocycles.